The summed E-state index contributed by atoms with van der Waals surface area (Å²) >= 11 is 0. The van der Waals surface area contributed by atoms with E-state index in [1.54, 1.807) is 0 Å². The Hall–Kier alpha value is -0.0800. The van der Waals surface area contributed by atoms with Gasteiger partial charge < -0.3 is 0 Å². The highest BCUT2D eigenvalue weighted by molar-refractivity contribution is 4.98. The average molecular weight is 208 g/mol. The van der Waals surface area contributed by atoms with E-state index in [1.807, 2.05) is 0 Å². The summed E-state index contributed by atoms with van der Waals surface area (Å²) < 4.78 is 0. The molecular weight excluding hydrogens is 184 g/mol. The molecule has 2 unspecified atom stereocenters. The van der Waals surface area contributed by atoms with E-state index in [9.17, 15) is 0 Å². The van der Waals surface area contributed by atoms with Crippen LogP contribution < -0.4 is 0 Å². The minimum Gasteiger partial charge on any atom is -0.298 e. The zero-order valence-corrected chi connectivity index (χ0v) is 10.2. The molecular formula is C13H24N2. The lowest BCUT2D eigenvalue weighted by Gasteiger charge is -2.43. The number of nitrogens with zero attached hydrogens (tertiary/aromatic N) is 2. The summed E-state index contributed by atoms with van der Waals surface area (Å²) in [4.78, 5) is 5.53. The van der Waals surface area contributed by atoms with Crippen molar-refractivity contribution in [1.29, 1.82) is 0 Å². The topological polar surface area (TPSA) is 6.48 Å². The van der Waals surface area contributed by atoms with E-state index in [4.69, 9.17) is 0 Å². The van der Waals surface area contributed by atoms with E-state index < -0.39 is 0 Å². The molecule has 0 amide bonds. The third-order valence-corrected chi connectivity index (χ3v) is 4.56. The van der Waals surface area contributed by atoms with Crippen LogP contribution in [0.2, 0.25) is 0 Å². The standard InChI is InChI=1S/C13H24N2/c1-10(2)14-8-12-5-6-13(9-14)15(12)7-11-3-4-11/h10-13H,3-9H2,1-2H3. The van der Waals surface area contributed by atoms with Crippen LogP contribution in [0, 0.1) is 5.92 Å². The summed E-state index contributed by atoms with van der Waals surface area (Å²) in [7, 11) is 0. The lowest BCUT2D eigenvalue weighted by molar-refractivity contribution is 0.0464. The van der Waals surface area contributed by atoms with Crippen molar-refractivity contribution >= 4 is 0 Å². The molecule has 2 bridgehead atoms. The zero-order valence-electron chi connectivity index (χ0n) is 10.2. The summed E-state index contributed by atoms with van der Waals surface area (Å²) in [6, 6.07) is 2.54. The Morgan fingerprint density at radius 2 is 1.60 bits per heavy atom. The van der Waals surface area contributed by atoms with E-state index in [1.165, 1.54) is 45.3 Å². The van der Waals surface area contributed by atoms with Gasteiger partial charge in [-0.15, -0.1) is 0 Å². The van der Waals surface area contributed by atoms with Crippen molar-refractivity contribution in [3.63, 3.8) is 0 Å². The fourth-order valence-electron chi connectivity index (χ4n) is 3.34. The van der Waals surface area contributed by atoms with Crippen LogP contribution in [-0.2, 0) is 0 Å². The Bertz CT molecular complexity index is 221. The molecule has 3 aliphatic rings. The first-order valence-corrected chi connectivity index (χ1v) is 6.74. The summed E-state index contributed by atoms with van der Waals surface area (Å²) in [6.45, 7) is 8.77. The van der Waals surface area contributed by atoms with E-state index in [0.29, 0.717) is 0 Å². The van der Waals surface area contributed by atoms with Crippen molar-refractivity contribution in [1.82, 2.24) is 9.80 Å². The van der Waals surface area contributed by atoms with E-state index in [2.05, 4.69) is 23.6 Å². The maximum atomic E-state index is 2.84. The van der Waals surface area contributed by atoms with Gasteiger partial charge in [0.15, 0.2) is 0 Å². The highest BCUT2D eigenvalue weighted by Gasteiger charge is 2.42. The highest BCUT2D eigenvalue weighted by Crippen LogP contribution is 2.37. The monoisotopic (exact) mass is 208 g/mol. The van der Waals surface area contributed by atoms with Gasteiger partial charge in [0.2, 0.25) is 0 Å². The summed E-state index contributed by atoms with van der Waals surface area (Å²) in [5.74, 6) is 1.07. The van der Waals surface area contributed by atoms with E-state index in [0.717, 1.165) is 24.0 Å². The predicted molar refractivity (Wildman–Crippen MR) is 62.9 cm³/mol. The minimum atomic E-state index is 0.746. The fourth-order valence-corrected chi connectivity index (χ4v) is 3.34. The molecule has 2 aliphatic heterocycles. The third-order valence-electron chi connectivity index (χ3n) is 4.56. The van der Waals surface area contributed by atoms with Gasteiger partial charge in [0.05, 0.1) is 0 Å². The second kappa shape index (κ2) is 3.74. The molecule has 0 aromatic carbocycles. The average Bonchev–Trinajstić information content (AvgIpc) is 2.94. The van der Waals surface area contributed by atoms with Crippen molar-refractivity contribution in [3.05, 3.63) is 0 Å². The fraction of sp³-hybridized carbons (Fsp3) is 1.00. The van der Waals surface area contributed by atoms with Gasteiger partial charge in [0, 0.05) is 37.8 Å². The van der Waals surface area contributed by atoms with Gasteiger partial charge in [0.1, 0.15) is 0 Å². The largest absolute Gasteiger partial charge is 0.298 e. The van der Waals surface area contributed by atoms with Gasteiger partial charge in [-0.05, 0) is 45.4 Å². The summed E-state index contributed by atoms with van der Waals surface area (Å²) in [6.07, 6.45) is 5.93. The lowest BCUT2D eigenvalue weighted by Crippen LogP contribution is -2.55. The van der Waals surface area contributed by atoms with Gasteiger partial charge in [-0.3, -0.25) is 9.80 Å². The van der Waals surface area contributed by atoms with Gasteiger partial charge in [-0.2, -0.15) is 0 Å². The lowest BCUT2D eigenvalue weighted by atomic mass is 10.1. The van der Waals surface area contributed by atoms with Crippen LogP contribution in [0.25, 0.3) is 0 Å². The quantitative estimate of drug-likeness (QED) is 0.699. The Morgan fingerprint density at radius 1 is 1.00 bits per heavy atom. The maximum absolute atomic E-state index is 2.84. The number of likely N-dealkylation sites (tertiary alicyclic amines) is 1. The van der Waals surface area contributed by atoms with E-state index >= 15 is 0 Å². The Morgan fingerprint density at radius 3 is 2.07 bits per heavy atom. The summed E-state index contributed by atoms with van der Waals surface area (Å²) in [5, 5.41) is 0. The molecule has 0 aromatic rings. The molecule has 0 aromatic heterocycles. The van der Waals surface area contributed by atoms with Gasteiger partial charge in [-0.25, -0.2) is 0 Å². The van der Waals surface area contributed by atoms with Crippen LogP contribution in [0.4, 0.5) is 0 Å². The van der Waals surface area contributed by atoms with E-state index in [-0.39, 0.29) is 0 Å². The van der Waals surface area contributed by atoms with Crippen LogP contribution in [0.5, 0.6) is 0 Å². The molecule has 0 radical (unpaired) electrons. The Kier molecular flexibility index (Phi) is 2.52. The molecule has 0 spiro atoms. The molecule has 2 nitrogen and oxygen atoms in total. The molecule has 3 fully saturated rings. The molecule has 2 heteroatoms. The number of fused-ring (bicyclic) bond motifs is 2. The van der Waals surface area contributed by atoms with Crippen LogP contribution in [0.3, 0.4) is 0 Å². The number of hydrogen-bond donors (Lipinski definition) is 0. The Labute approximate surface area is 93.6 Å². The normalized spacial score (nSPS) is 37.8. The molecule has 1 saturated carbocycles. The molecule has 0 N–H and O–H groups in total. The molecule has 2 heterocycles. The minimum absolute atomic E-state index is 0.746. The van der Waals surface area contributed by atoms with Crippen LogP contribution in [-0.4, -0.2) is 47.6 Å². The van der Waals surface area contributed by atoms with Crippen LogP contribution in [0.15, 0.2) is 0 Å². The molecule has 2 atom stereocenters. The first kappa shape index (κ1) is 10.1. The summed E-state index contributed by atoms with van der Waals surface area (Å²) in [5.41, 5.74) is 0. The van der Waals surface area contributed by atoms with Crippen molar-refractivity contribution < 1.29 is 0 Å². The van der Waals surface area contributed by atoms with Gasteiger partial charge in [-0.1, -0.05) is 0 Å². The van der Waals surface area contributed by atoms with Crippen molar-refractivity contribution in [3.8, 4) is 0 Å². The maximum Gasteiger partial charge on any atom is 0.0227 e. The second-order valence-electron chi connectivity index (χ2n) is 6.07. The van der Waals surface area contributed by atoms with Crippen molar-refractivity contribution in [2.24, 2.45) is 5.92 Å². The number of piperazine rings is 1. The third kappa shape index (κ3) is 1.94. The Balaban J connectivity index is 1.64. The smallest absolute Gasteiger partial charge is 0.0227 e. The SMILES string of the molecule is CC(C)N1CC2CCC(C1)N2CC1CC1. The molecule has 86 valence electrons. The molecule has 15 heavy (non-hydrogen) atoms. The molecule has 3 rings (SSSR count). The van der Waals surface area contributed by atoms with Gasteiger partial charge in [0.25, 0.3) is 0 Å². The first-order chi connectivity index (χ1) is 7.24. The molecule has 1 aliphatic carbocycles. The number of rotatable bonds is 3. The number of hydrogen-bond acceptors (Lipinski definition) is 2. The van der Waals surface area contributed by atoms with Crippen molar-refractivity contribution in [2.75, 3.05) is 19.6 Å². The first-order valence-electron chi connectivity index (χ1n) is 6.74. The van der Waals surface area contributed by atoms with Gasteiger partial charge >= 0.3 is 0 Å². The second-order valence-corrected chi connectivity index (χ2v) is 6.07. The zero-order chi connectivity index (χ0) is 10.4. The van der Waals surface area contributed by atoms with Crippen LogP contribution in [0.1, 0.15) is 39.5 Å². The molecule has 2 saturated heterocycles. The predicted octanol–water partition coefficient (Wildman–Crippen LogP) is 1.95. The van der Waals surface area contributed by atoms with Crippen LogP contribution >= 0.6 is 0 Å². The highest BCUT2D eigenvalue weighted by atomic mass is 15.3. The van der Waals surface area contributed by atoms with Crippen molar-refractivity contribution in [2.45, 2.75) is 57.7 Å².